The molecule has 2 rings (SSSR count). The second-order valence-corrected chi connectivity index (χ2v) is 7.35. The molecule has 0 aliphatic carbocycles. The van der Waals surface area contributed by atoms with Crippen LogP contribution in [0.25, 0.3) is 0 Å². The van der Waals surface area contributed by atoms with Crippen LogP contribution in [0.2, 0.25) is 5.02 Å². The second kappa shape index (κ2) is 8.03. The van der Waals surface area contributed by atoms with Gasteiger partial charge < -0.3 is 10.1 Å². The molecule has 0 saturated carbocycles. The van der Waals surface area contributed by atoms with Crippen LogP contribution >= 0.6 is 11.6 Å². The molecule has 3 amide bonds. The molecule has 1 fully saturated rings. The van der Waals surface area contributed by atoms with Gasteiger partial charge in [-0.05, 0) is 37.8 Å². The van der Waals surface area contributed by atoms with Crippen molar-refractivity contribution in [2.45, 2.75) is 45.8 Å². The monoisotopic (exact) mass is 384 g/mol. The highest BCUT2D eigenvalue weighted by atomic mass is 35.5. The summed E-state index contributed by atoms with van der Waals surface area (Å²) in [6, 6.07) is 3.48. The van der Waals surface area contributed by atoms with E-state index in [-0.39, 0.29) is 17.2 Å². The van der Waals surface area contributed by atoms with E-state index in [1.54, 1.807) is 6.92 Å². The number of rotatable bonds is 7. The summed E-state index contributed by atoms with van der Waals surface area (Å²) in [5, 5.41) is 2.76. The standard InChI is InChI=1S/C18H22ClFN2O4/c1-11(2)7-8-18(3)16(24)22(17(25)21-18)9-15(23)26-10-12-13(19)5-4-6-14(12)20/h4-6,11H,7-10H2,1-3H3,(H,21,25)/t18-/m0/s1. The number of imide groups is 1. The van der Waals surface area contributed by atoms with Gasteiger partial charge in [0.05, 0.1) is 5.02 Å². The molecule has 1 aromatic carbocycles. The Kier molecular flexibility index (Phi) is 6.23. The summed E-state index contributed by atoms with van der Waals surface area (Å²) in [5.74, 6) is -1.51. The zero-order valence-corrected chi connectivity index (χ0v) is 15.7. The summed E-state index contributed by atoms with van der Waals surface area (Å²) >= 11 is 5.87. The maximum absolute atomic E-state index is 13.7. The highest BCUT2D eigenvalue weighted by Crippen LogP contribution is 2.25. The van der Waals surface area contributed by atoms with Gasteiger partial charge >= 0.3 is 12.0 Å². The van der Waals surface area contributed by atoms with Gasteiger partial charge in [0.25, 0.3) is 5.91 Å². The van der Waals surface area contributed by atoms with Gasteiger partial charge in [0, 0.05) is 5.56 Å². The van der Waals surface area contributed by atoms with E-state index in [0.717, 1.165) is 11.3 Å². The molecular formula is C18H22ClFN2O4. The van der Waals surface area contributed by atoms with Crippen molar-refractivity contribution in [3.63, 3.8) is 0 Å². The predicted molar refractivity (Wildman–Crippen MR) is 93.9 cm³/mol. The third-order valence-corrected chi connectivity index (χ3v) is 4.65. The minimum Gasteiger partial charge on any atom is -0.459 e. The third-order valence-electron chi connectivity index (χ3n) is 4.29. The van der Waals surface area contributed by atoms with Crippen LogP contribution in [-0.4, -0.2) is 34.9 Å². The molecule has 1 aromatic rings. The molecule has 0 unspecified atom stereocenters. The number of nitrogens with zero attached hydrogens (tertiary/aromatic N) is 1. The Morgan fingerprint density at radius 1 is 1.38 bits per heavy atom. The number of carbonyl (C=O) groups excluding carboxylic acids is 3. The highest BCUT2D eigenvalue weighted by Gasteiger charge is 2.48. The summed E-state index contributed by atoms with van der Waals surface area (Å²) < 4.78 is 18.7. The number of benzene rings is 1. The lowest BCUT2D eigenvalue weighted by atomic mass is 9.92. The summed E-state index contributed by atoms with van der Waals surface area (Å²) in [6.45, 7) is 4.77. The maximum atomic E-state index is 13.7. The molecule has 1 aliphatic heterocycles. The van der Waals surface area contributed by atoms with Crippen LogP contribution in [0.15, 0.2) is 18.2 Å². The number of halogens is 2. The molecular weight excluding hydrogens is 363 g/mol. The Morgan fingerprint density at radius 3 is 2.69 bits per heavy atom. The highest BCUT2D eigenvalue weighted by molar-refractivity contribution is 6.31. The van der Waals surface area contributed by atoms with Crippen LogP contribution in [0, 0.1) is 11.7 Å². The van der Waals surface area contributed by atoms with E-state index < -0.39 is 35.8 Å². The molecule has 6 nitrogen and oxygen atoms in total. The quantitative estimate of drug-likeness (QED) is 0.578. The fourth-order valence-corrected chi connectivity index (χ4v) is 2.85. The fraction of sp³-hybridized carbons (Fsp3) is 0.500. The Morgan fingerprint density at radius 2 is 2.08 bits per heavy atom. The summed E-state index contributed by atoms with van der Waals surface area (Å²) in [6.07, 6.45) is 1.23. The van der Waals surface area contributed by atoms with Gasteiger partial charge in [-0.2, -0.15) is 0 Å². The minimum atomic E-state index is -1.03. The number of esters is 1. The molecule has 1 N–H and O–H groups in total. The average Bonchev–Trinajstić information content (AvgIpc) is 2.76. The number of hydrogen-bond donors (Lipinski definition) is 1. The Balaban J connectivity index is 1.96. The van der Waals surface area contributed by atoms with E-state index >= 15 is 0 Å². The molecule has 1 aliphatic rings. The van der Waals surface area contributed by atoms with Gasteiger partial charge in [0.2, 0.25) is 0 Å². The maximum Gasteiger partial charge on any atom is 0.326 e. The van der Waals surface area contributed by atoms with E-state index in [1.165, 1.54) is 18.2 Å². The van der Waals surface area contributed by atoms with Crippen molar-refractivity contribution in [1.29, 1.82) is 0 Å². The molecule has 0 aromatic heterocycles. The van der Waals surface area contributed by atoms with Crippen LogP contribution in [-0.2, 0) is 20.9 Å². The molecule has 0 bridgehead atoms. The lowest BCUT2D eigenvalue weighted by Crippen LogP contribution is -2.44. The first-order valence-electron chi connectivity index (χ1n) is 8.36. The summed E-state index contributed by atoms with van der Waals surface area (Å²) in [7, 11) is 0. The normalized spacial score (nSPS) is 19.8. The number of carbonyl (C=O) groups is 3. The average molecular weight is 385 g/mol. The van der Waals surface area contributed by atoms with Crippen molar-refractivity contribution < 1.29 is 23.5 Å². The minimum absolute atomic E-state index is 0.0430. The second-order valence-electron chi connectivity index (χ2n) is 6.95. The molecule has 26 heavy (non-hydrogen) atoms. The van der Waals surface area contributed by atoms with Crippen molar-refractivity contribution >= 4 is 29.5 Å². The first kappa shape index (κ1) is 20.2. The summed E-state index contributed by atoms with van der Waals surface area (Å²) in [4.78, 5) is 37.4. The van der Waals surface area contributed by atoms with Gasteiger partial charge in [0.1, 0.15) is 24.5 Å². The van der Waals surface area contributed by atoms with Gasteiger partial charge in [0.15, 0.2) is 0 Å². The lowest BCUT2D eigenvalue weighted by Gasteiger charge is -2.22. The molecule has 0 radical (unpaired) electrons. The van der Waals surface area contributed by atoms with Crippen molar-refractivity contribution in [3.8, 4) is 0 Å². The van der Waals surface area contributed by atoms with E-state index in [2.05, 4.69) is 5.32 Å². The first-order valence-corrected chi connectivity index (χ1v) is 8.74. The molecule has 8 heteroatoms. The SMILES string of the molecule is CC(C)CC[C@]1(C)NC(=O)N(CC(=O)OCc2c(F)cccc2Cl)C1=O. The fourth-order valence-electron chi connectivity index (χ4n) is 2.64. The van der Waals surface area contributed by atoms with Crippen LogP contribution in [0.3, 0.4) is 0 Å². The Labute approximate surface area is 156 Å². The molecule has 142 valence electrons. The van der Waals surface area contributed by atoms with Crippen molar-refractivity contribution in [3.05, 3.63) is 34.6 Å². The summed E-state index contributed by atoms with van der Waals surface area (Å²) in [5.41, 5.74) is -0.988. The van der Waals surface area contributed by atoms with Crippen molar-refractivity contribution in [2.24, 2.45) is 5.92 Å². The number of urea groups is 1. The number of ether oxygens (including phenoxy) is 1. The smallest absolute Gasteiger partial charge is 0.326 e. The molecule has 1 heterocycles. The van der Waals surface area contributed by atoms with Crippen LogP contribution < -0.4 is 5.32 Å². The molecule has 0 spiro atoms. The van der Waals surface area contributed by atoms with Crippen molar-refractivity contribution in [1.82, 2.24) is 10.2 Å². The molecule has 1 atom stereocenters. The van der Waals surface area contributed by atoms with Crippen LogP contribution in [0.1, 0.15) is 39.2 Å². The van der Waals surface area contributed by atoms with Gasteiger partial charge in [-0.1, -0.05) is 31.5 Å². The van der Waals surface area contributed by atoms with Crippen LogP contribution in [0.4, 0.5) is 9.18 Å². The van der Waals surface area contributed by atoms with E-state index in [9.17, 15) is 18.8 Å². The number of nitrogens with one attached hydrogen (secondary N) is 1. The lowest BCUT2D eigenvalue weighted by molar-refractivity contribution is -0.148. The van der Waals surface area contributed by atoms with E-state index in [1.807, 2.05) is 13.8 Å². The topological polar surface area (TPSA) is 75.7 Å². The van der Waals surface area contributed by atoms with Gasteiger partial charge in [-0.3, -0.25) is 14.5 Å². The largest absolute Gasteiger partial charge is 0.459 e. The Hall–Kier alpha value is -2.15. The van der Waals surface area contributed by atoms with Crippen LogP contribution in [0.5, 0.6) is 0 Å². The van der Waals surface area contributed by atoms with E-state index in [4.69, 9.17) is 16.3 Å². The number of amides is 3. The predicted octanol–water partition coefficient (Wildman–Crippen LogP) is 3.27. The van der Waals surface area contributed by atoms with Gasteiger partial charge in [-0.25, -0.2) is 9.18 Å². The van der Waals surface area contributed by atoms with E-state index in [0.29, 0.717) is 12.3 Å². The zero-order valence-electron chi connectivity index (χ0n) is 15.0. The zero-order chi connectivity index (χ0) is 19.5. The molecule has 1 saturated heterocycles. The van der Waals surface area contributed by atoms with Gasteiger partial charge in [-0.15, -0.1) is 0 Å². The first-order chi connectivity index (χ1) is 12.1. The Bertz CT molecular complexity index is 705. The number of hydrogen-bond acceptors (Lipinski definition) is 4. The third kappa shape index (κ3) is 4.52. The van der Waals surface area contributed by atoms with Crippen molar-refractivity contribution in [2.75, 3.05) is 6.54 Å².